The predicted octanol–water partition coefficient (Wildman–Crippen LogP) is 2.76. The van der Waals surface area contributed by atoms with Gasteiger partial charge in [-0.25, -0.2) is 0 Å². The van der Waals surface area contributed by atoms with Gasteiger partial charge in [-0.1, -0.05) is 20.8 Å². The van der Waals surface area contributed by atoms with E-state index in [1.807, 2.05) is 20.8 Å². The number of hydrogen-bond donors (Lipinski definition) is 1. The first kappa shape index (κ1) is 17.9. The van der Waals surface area contributed by atoms with Gasteiger partial charge in [0.25, 0.3) is 17.3 Å². The molecule has 120 valence electrons. The SMILES string of the molecule is CC(C)(C)SCCNC(=O)c1cc([N+](=O)[O-])cc([N+](=O)[O-])c1. The van der Waals surface area contributed by atoms with E-state index in [0.717, 1.165) is 18.2 Å². The van der Waals surface area contributed by atoms with Gasteiger partial charge >= 0.3 is 0 Å². The number of rotatable bonds is 6. The van der Waals surface area contributed by atoms with Gasteiger partial charge in [0.1, 0.15) is 0 Å². The molecule has 1 aromatic rings. The van der Waals surface area contributed by atoms with Crippen LogP contribution in [0.4, 0.5) is 11.4 Å². The zero-order valence-electron chi connectivity index (χ0n) is 12.5. The minimum absolute atomic E-state index is 0.0645. The van der Waals surface area contributed by atoms with Gasteiger partial charge < -0.3 is 5.32 Å². The number of nitrogens with one attached hydrogen (secondary N) is 1. The van der Waals surface area contributed by atoms with E-state index in [0.29, 0.717) is 12.3 Å². The highest BCUT2D eigenvalue weighted by atomic mass is 32.2. The molecular weight excluding hydrogens is 310 g/mol. The monoisotopic (exact) mass is 327 g/mol. The summed E-state index contributed by atoms with van der Waals surface area (Å²) < 4.78 is 0.0645. The number of thioether (sulfide) groups is 1. The molecular formula is C13H17N3O5S. The fourth-order valence-electron chi connectivity index (χ4n) is 1.56. The largest absolute Gasteiger partial charge is 0.351 e. The van der Waals surface area contributed by atoms with Crippen molar-refractivity contribution in [1.29, 1.82) is 0 Å². The third-order valence-electron chi connectivity index (χ3n) is 2.51. The van der Waals surface area contributed by atoms with Gasteiger partial charge in [-0.05, 0) is 0 Å². The van der Waals surface area contributed by atoms with Crippen LogP contribution in [-0.4, -0.2) is 32.8 Å². The molecule has 0 spiro atoms. The van der Waals surface area contributed by atoms with Crippen molar-refractivity contribution in [3.8, 4) is 0 Å². The third-order valence-corrected chi connectivity index (χ3v) is 3.78. The summed E-state index contributed by atoms with van der Waals surface area (Å²) in [7, 11) is 0. The molecule has 0 aliphatic carbocycles. The first-order valence-electron chi connectivity index (χ1n) is 6.46. The summed E-state index contributed by atoms with van der Waals surface area (Å²) in [4.78, 5) is 32.0. The van der Waals surface area contributed by atoms with Crippen LogP contribution in [0.3, 0.4) is 0 Å². The van der Waals surface area contributed by atoms with E-state index < -0.39 is 27.1 Å². The Labute approximate surface area is 131 Å². The highest BCUT2D eigenvalue weighted by Crippen LogP contribution is 2.23. The lowest BCUT2D eigenvalue weighted by molar-refractivity contribution is -0.394. The number of carbonyl (C=O) groups is 1. The zero-order valence-corrected chi connectivity index (χ0v) is 13.3. The third kappa shape index (κ3) is 5.68. The zero-order chi connectivity index (χ0) is 16.9. The molecule has 0 aliphatic heterocycles. The number of nitrogens with zero attached hydrogens (tertiary/aromatic N) is 2. The van der Waals surface area contributed by atoms with Crippen molar-refractivity contribution < 1.29 is 14.6 Å². The van der Waals surface area contributed by atoms with Crippen LogP contribution in [-0.2, 0) is 0 Å². The summed E-state index contributed by atoms with van der Waals surface area (Å²) in [6, 6.07) is 2.88. The van der Waals surface area contributed by atoms with Crippen molar-refractivity contribution in [2.75, 3.05) is 12.3 Å². The Balaban J connectivity index is 2.80. The molecule has 9 heteroatoms. The number of amides is 1. The lowest BCUT2D eigenvalue weighted by Crippen LogP contribution is -2.27. The molecule has 1 rings (SSSR count). The van der Waals surface area contributed by atoms with Crippen LogP contribution in [0, 0.1) is 20.2 Å². The molecule has 0 heterocycles. The van der Waals surface area contributed by atoms with Crippen LogP contribution >= 0.6 is 11.8 Å². The molecule has 0 radical (unpaired) electrons. The van der Waals surface area contributed by atoms with Crippen LogP contribution < -0.4 is 5.32 Å². The van der Waals surface area contributed by atoms with Crippen LogP contribution in [0.25, 0.3) is 0 Å². The van der Waals surface area contributed by atoms with Crippen molar-refractivity contribution in [2.24, 2.45) is 0 Å². The Bertz CT molecular complexity index is 566. The predicted molar refractivity (Wildman–Crippen MR) is 84.3 cm³/mol. The van der Waals surface area contributed by atoms with Gasteiger partial charge in [-0.15, -0.1) is 0 Å². The fraction of sp³-hybridized carbons (Fsp3) is 0.462. The Morgan fingerprint density at radius 2 is 1.64 bits per heavy atom. The Hall–Kier alpha value is -2.16. The van der Waals surface area contributed by atoms with E-state index in [1.54, 1.807) is 11.8 Å². The molecule has 1 N–H and O–H groups in total. The highest BCUT2D eigenvalue weighted by Gasteiger charge is 2.19. The maximum absolute atomic E-state index is 12.0. The van der Waals surface area contributed by atoms with Crippen LogP contribution in [0.1, 0.15) is 31.1 Å². The molecule has 0 saturated carbocycles. The molecule has 8 nitrogen and oxygen atoms in total. The second kappa shape index (κ2) is 7.21. The number of nitro benzene ring substituents is 2. The van der Waals surface area contributed by atoms with Crippen molar-refractivity contribution >= 4 is 29.0 Å². The van der Waals surface area contributed by atoms with Gasteiger partial charge in [0.15, 0.2) is 0 Å². The summed E-state index contributed by atoms with van der Waals surface area (Å²) in [5, 5.41) is 24.1. The van der Waals surface area contributed by atoms with Crippen LogP contribution in [0.15, 0.2) is 18.2 Å². The summed E-state index contributed by atoms with van der Waals surface area (Å²) >= 11 is 1.66. The fourth-order valence-corrected chi connectivity index (χ4v) is 2.38. The minimum Gasteiger partial charge on any atom is -0.351 e. The van der Waals surface area contributed by atoms with Gasteiger partial charge in [0, 0.05) is 29.2 Å². The molecule has 1 aromatic carbocycles. The molecule has 22 heavy (non-hydrogen) atoms. The summed E-state index contributed by atoms with van der Waals surface area (Å²) in [5.74, 6) is 0.105. The molecule has 0 atom stereocenters. The van der Waals surface area contributed by atoms with Gasteiger partial charge in [0.05, 0.1) is 21.5 Å². The second-order valence-electron chi connectivity index (χ2n) is 5.47. The number of benzene rings is 1. The quantitative estimate of drug-likeness (QED) is 0.488. The molecule has 0 saturated heterocycles. The van der Waals surface area contributed by atoms with Crippen molar-refractivity contribution in [2.45, 2.75) is 25.5 Å². The molecule has 0 bridgehead atoms. The van der Waals surface area contributed by atoms with Crippen molar-refractivity contribution in [3.63, 3.8) is 0 Å². The van der Waals surface area contributed by atoms with Crippen LogP contribution in [0.5, 0.6) is 0 Å². The summed E-state index contributed by atoms with van der Waals surface area (Å²) in [6.07, 6.45) is 0. The summed E-state index contributed by atoms with van der Waals surface area (Å²) in [5.41, 5.74) is -1.06. The lowest BCUT2D eigenvalue weighted by atomic mass is 10.1. The van der Waals surface area contributed by atoms with Gasteiger partial charge in [-0.2, -0.15) is 11.8 Å². The summed E-state index contributed by atoms with van der Waals surface area (Å²) in [6.45, 7) is 6.51. The highest BCUT2D eigenvalue weighted by molar-refractivity contribution is 8.00. The smallest absolute Gasteiger partial charge is 0.277 e. The Kier molecular flexibility index (Phi) is 5.86. The minimum atomic E-state index is -0.765. The number of carbonyl (C=O) groups excluding carboxylic acids is 1. The topological polar surface area (TPSA) is 115 Å². The first-order chi connectivity index (χ1) is 10.1. The molecule has 1 amide bonds. The first-order valence-corrected chi connectivity index (χ1v) is 7.45. The second-order valence-corrected chi connectivity index (χ2v) is 7.39. The maximum atomic E-state index is 12.0. The average Bonchev–Trinajstić information content (AvgIpc) is 2.41. The van der Waals surface area contributed by atoms with E-state index in [4.69, 9.17) is 0 Å². The number of hydrogen-bond acceptors (Lipinski definition) is 6. The average molecular weight is 327 g/mol. The van der Waals surface area contributed by atoms with Gasteiger partial charge in [0.2, 0.25) is 0 Å². The van der Waals surface area contributed by atoms with E-state index in [-0.39, 0.29) is 10.3 Å². The van der Waals surface area contributed by atoms with Crippen LogP contribution in [0.2, 0.25) is 0 Å². The number of non-ortho nitro benzene ring substituents is 2. The normalized spacial score (nSPS) is 11.0. The lowest BCUT2D eigenvalue weighted by Gasteiger charge is -2.17. The Morgan fingerprint density at radius 3 is 2.05 bits per heavy atom. The molecule has 0 aromatic heterocycles. The molecule has 0 aliphatic rings. The van der Waals surface area contributed by atoms with E-state index in [2.05, 4.69) is 5.32 Å². The molecule has 0 unspecified atom stereocenters. The van der Waals surface area contributed by atoms with E-state index in [1.165, 1.54) is 0 Å². The van der Waals surface area contributed by atoms with E-state index in [9.17, 15) is 25.0 Å². The maximum Gasteiger partial charge on any atom is 0.277 e. The van der Waals surface area contributed by atoms with Crippen molar-refractivity contribution in [1.82, 2.24) is 5.32 Å². The van der Waals surface area contributed by atoms with Crippen molar-refractivity contribution in [3.05, 3.63) is 44.0 Å². The standard InChI is InChI=1S/C13H17N3O5S/c1-13(2,3)22-5-4-14-12(17)9-6-10(15(18)19)8-11(7-9)16(20)21/h6-8H,4-5H2,1-3H3,(H,14,17). The molecule has 0 fully saturated rings. The Morgan fingerprint density at radius 1 is 1.14 bits per heavy atom. The van der Waals surface area contributed by atoms with Gasteiger partial charge in [-0.3, -0.25) is 25.0 Å². The number of nitro groups is 2. The van der Waals surface area contributed by atoms with E-state index >= 15 is 0 Å².